The second-order valence-corrected chi connectivity index (χ2v) is 4.75. The Kier molecular flexibility index (Phi) is 3.22. The fraction of sp³-hybridized carbons (Fsp3) is 0.0909. The minimum atomic E-state index is -1.14. The Balaban J connectivity index is 2.53. The van der Waals surface area contributed by atoms with E-state index in [2.05, 4.69) is 20.9 Å². The maximum Gasteiger partial charge on any atom is 0.373 e. The van der Waals surface area contributed by atoms with E-state index in [0.29, 0.717) is 16.3 Å². The minimum absolute atomic E-state index is 0.156. The highest BCUT2D eigenvalue weighted by molar-refractivity contribution is 9.10. The van der Waals surface area contributed by atoms with Gasteiger partial charge in [0, 0.05) is 15.1 Å². The standard InChI is InChI=1S/C11H7BrClNO3/c1-5-9(11(15)16)17-10(14-5)6-2-7(12)4-8(13)3-6/h2-4H,1H3,(H,15,16). The van der Waals surface area contributed by atoms with E-state index in [1.807, 2.05) is 0 Å². The van der Waals surface area contributed by atoms with Crippen LogP contribution in [0, 0.1) is 6.92 Å². The molecule has 0 radical (unpaired) electrons. The molecule has 2 aromatic rings. The first kappa shape index (κ1) is 12.1. The highest BCUT2D eigenvalue weighted by Crippen LogP contribution is 2.28. The molecule has 0 bridgehead atoms. The quantitative estimate of drug-likeness (QED) is 0.916. The lowest BCUT2D eigenvalue weighted by atomic mass is 10.2. The van der Waals surface area contributed by atoms with Gasteiger partial charge in [-0.3, -0.25) is 0 Å². The Morgan fingerprint density at radius 3 is 2.71 bits per heavy atom. The fourth-order valence-electron chi connectivity index (χ4n) is 1.40. The molecule has 1 aromatic heterocycles. The fourth-order valence-corrected chi connectivity index (χ4v) is 2.26. The van der Waals surface area contributed by atoms with Crippen LogP contribution in [0.1, 0.15) is 16.2 Å². The Morgan fingerprint density at radius 1 is 1.47 bits per heavy atom. The van der Waals surface area contributed by atoms with Crippen molar-refractivity contribution in [2.24, 2.45) is 0 Å². The van der Waals surface area contributed by atoms with E-state index < -0.39 is 5.97 Å². The van der Waals surface area contributed by atoms with Gasteiger partial charge in [-0.15, -0.1) is 0 Å². The van der Waals surface area contributed by atoms with Crippen molar-refractivity contribution in [3.63, 3.8) is 0 Å². The van der Waals surface area contributed by atoms with E-state index in [-0.39, 0.29) is 11.7 Å². The molecule has 1 N–H and O–H groups in total. The highest BCUT2D eigenvalue weighted by Gasteiger charge is 2.17. The maximum atomic E-state index is 10.8. The van der Waals surface area contributed by atoms with Gasteiger partial charge in [0.25, 0.3) is 0 Å². The van der Waals surface area contributed by atoms with Crippen LogP contribution in [-0.4, -0.2) is 16.1 Å². The Bertz CT molecular complexity index is 574. The number of aromatic nitrogens is 1. The van der Waals surface area contributed by atoms with Crippen LogP contribution in [0.25, 0.3) is 11.5 Å². The third-order valence-corrected chi connectivity index (χ3v) is 2.78. The largest absolute Gasteiger partial charge is 0.475 e. The molecule has 0 atom stereocenters. The van der Waals surface area contributed by atoms with Crippen molar-refractivity contribution in [1.29, 1.82) is 0 Å². The van der Waals surface area contributed by atoms with E-state index in [4.69, 9.17) is 21.1 Å². The second kappa shape index (κ2) is 4.50. The smallest absolute Gasteiger partial charge is 0.373 e. The van der Waals surface area contributed by atoms with Gasteiger partial charge in [-0.2, -0.15) is 0 Å². The van der Waals surface area contributed by atoms with E-state index in [1.54, 1.807) is 25.1 Å². The molecule has 0 amide bonds. The van der Waals surface area contributed by atoms with E-state index in [0.717, 1.165) is 4.47 Å². The molecule has 88 valence electrons. The van der Waals surface area contributed by atoms with Crippen molar-refractivity contribution in [3.8, 4) is 11.5 Å². The number of carbonyl (C=O) groups is 1. The summed E-state index contributed by atoms with van der Waals surface area (Å²) in [5.74, 6) is -1.05. The topological polar surface area (TPSA) is 63.3 Å². The molecule has 1 aromatic carbocycles. The van der Waals surface area contributed by atoms with Gasteiger partial charge in [0.1, 0.15) is 0 Å². The maximum absolute atomic E-state index is 10.8. The van der Waals surface area contributed by atoms with E-state index >= 15 is 0 Å². The molecule has 0 saturated heterocycles. The molecule has 0 fully saturated rings. The number of rotatable bonds is 2. The highest BCUT2D eigenvalue weighted by atomic mass is 79.9. The molecule has 4 nitrogen and oxygen atoms in total. The average Bonchev–Trinajstić information content (AvgIpc) is 2.59. The Morgan fingerprint density at radius 2 is 2.18 bits per heavy atom. The molecule has 2 rings (SSSR count). The number of nitrogens with zero attached hydrogens (tertiary/aromatic N) is 1. The molecule has 1 heterocycles. The number of hydrogen-bond donors (Lipinski definition) is 1. The summed E-state index contributed by atoms with van der Waals surface area (Å²) < 4.78 is 5.95. The van der Waals surface area contributed by atoms with Crippen LogP contribution in [0.4, 0.5) is 0 Å². The second-order valence-electron chi connectivity index (χ2n) is 3.40. The molecular formula is C11H7BrClNO3. The molecule has 0 spiro atoms. The first-order valence-corrected chi connectivity index (χ1v) is 5.81. The van der Waals surface area contributed by atoms with Gasteiger partial charge in [0.05, 0.1) is 5.69 Å². The van der Waals surface area contributed by atoms with Gasteiger partial charge in [-0.1, -0.05) is 27.5 Å². The van der Waals surface area contributed by atoms with Crippen LogP contribution < -0.4 is 0 Å². The van der Waals surface area contributed by atoms with Crippen LogP contribution in [0.15, 0.2) is 27.1 Å². The predicted octanol–water partition coefficient (Wildman–Crippen LogP) is 3.76. The first-order chi connectivity index (χ1) is 7.97. The monoisotopic (exact) mass is 315 g/mol. The first-order valence-electron chi connectivity index (χ1n) is 4.64. The number of carboxylic acids is 1. The summed E-state index contributed by atoms with van der Waals surface area (Å²) >= 11 is 9.19. The average molecular weight is 317 g/mol. The normalized spacial score (nSPS) is 10.5. The van der Waals surface area contributed by atoms with Crippen LogP contribution in [0.3, 0.4) is 0 Å². The van der Waals surface area contributed by atoms with Gasteiger partial charge < -0.3 is 9.52 Å². The van der Waals surface area contributed by atoms with Gasteiger partial charge in [0.15, 0.2) is 0 Å². The lowest BCUT2D eigenvalue weighted by Crippen LogP contribution is -1.95. The van der Waals surface area contributed by atoms with Crippen LogP contribution in [-0.2, 0) is 0 Å². The van der Waals surface area contributed by atoms with E-state index in [9.17, 15) is 4.79 Å². The van der Waals surface area contributed by atoms with E-state index in [1.165, 1.54) is 0 Å². The van der Waals surface area contributed by atoms with Gasteiger partial charge >= 0.3 is 5.97 Å². The zero-order valence-corrected chi connectivity index (χ0v) is 11.0. The molecule has 17 heavy (non-hydrogen) atoms. The number of halogens is 2. The number of oxazole rings is 1. The summed E-state index contributed by atoms with van der Waals surface area (Å²) in [6.07, 6.45) is 0. The number of aromatic carboxylic acids is 1. The predicted molar refractivity (Wildman–Crippen MR) is 66.3 cm³/mol. The summed E-state index contributed by atoms with van der Waals surface area (Å²) in [5, 5.41) is 9.38. The van der Waals surface area contributed by atoms with Gasteiger partial charge in [-0.25, -0.2) is 9.78 Å². The number of aryl methyl sites for hydroxylation is 1. The molecule has 6 heteroatoms. The van der Waals surface area contributed by atoms with Crippen LogP contribution in [0.2, 0.25) is 5.02 Å². The zero-order valence-electron chi connectivity index (χ0n) is 8.70. The van der Waals surface area contributed by atoms with Crippen molar-refractivity contribution in [3.05, 3.63) is 39.1 Å². The third kappa shape index (κ3) is 2.50. The summed E-state index contributed by atoms with van der Waals surface area (Å²) in [6.45, 7) is 1.58. The summed E-state index contributed by atoms with van der Waals surface area (Å²) in [5.41, 5.74) is 0.962. The Labute approximate surface area is 110 Å². The molecule has 0 aliphatic rings. The number of benzene rings is 1. The van der Waals surface area contributed by atoms with Crippen LogP contribution >= 0.6 is 27.5 Å². The SMILES string of the molecule is Cc1nc(-c2cc(Cl)cc(Br)c2)oc1C(=O)O. The summed E-state index contributed by atoms with van der Waals surface area (Å²) in [6, 6.07) is 5.13. The molecular weight excluding hydrogens is 309 g/mol. The number of hydrogen-bond acceptors (Lipinski definition) is 3. The zero-order chi connectivity index (χ0) is 12.6. The van der Waals surface area contributed by atoms with Crippen LogP contribution in [0.5, 0.6) is 0 Å². The summed E-state index contributed by atoms with van der Waals surface area (Å²) in [7, 11) is 0. The molecule has 0 aliphatic heterocycles. The lowest BCUT2D eigenvalue weighted by molar-refractivity contribution is 0.0662. The summed E-state index contributed by atoms with van der Waals surface area (Å²) in [4.78, 5) is 14.9. The Hall–Kier alpha value is -1.33. The van der Waals surface area contributed by atoms with Crippen molar-refractivity contribution in [2.45, 2.75) is 6.92 Å². The number of carboxylic acid groups (broad SMARTS) is 1. The molecule has 0 unspecified atom stereocenters. The molecule has 0 saturated carbocycles. The lowest BCUT2D eigenvalue weighted by Gasteiger charge is -1.98. The minimum Gasteiger partial charge on any atom is -0.475 e. The van der Waals surface area contributed by atoms with Gasteiger partial charge in [0.2, 0.25) is 11.7 Å². The van der Waals surface area contributed by atoms with Gasteiger partial charge in [-0.05, 0) is 25.1 Å². The molecule has 0 aliphatic carbocycles. The van der Waals surface area contributed by atoms with Crippen molar-refractivity contribution in [1.82, 2.24) is 4.98 Å². The van der Waals surface area contributed by atoms with Crippen molar-refractivity contribution in [2.75, 3.05) is 0 Å². The van der Waals surface area contributed by atoms with Crippen molar-refractivity contribution < 1.29 is 14.3 Å². The van der Waals surface area contributed by atoms with Crippen molar-refractivity contribution >= 4 is 33.5 Å². The third-order valence-electron chi connectivity index (χ3n) is 2.10.